The molecule has 0 atom stereocenters. The van der Waals surface area contributed by atoms with E-state index >= 15 is 0 Å². The van der Waals surface area contributed by atoms with Gasteiger partial charge in [0.2, 0.25) is 0 Å². The Kier molecular flexibility index (Phi) is 13.3. The van der Waals surface area contributed by atoms with Gasteiger partial charge in [-0.3, -0.25) is 0 Å². The third-order valence-corrected chi connectivity index (χ3v) is 1.58. The van der Waals surface area contributed by atoms with Gasteiger partial charge in [-0.2, -0.15) is 0 Å². The van der Waals surface area contributed by atoms with Crippen molar-refractivity contribution in [1.29, 1.82) is 0 Å². The first-order valence-corrected chi connectivity index (χ1v) is 4.28. The normalized spacial score (nSPS) is 10.0. The van der Waals surface area contributed by atoms with Crippen LogP contribution in [0.2, 0.25) is 0 Å². The number of hydrogen-bond acceptors (Lipinski definition) is 2. The van der Waals surface area contributed by atoms with E-state index < -0.39 is 0 Å². The quantitative estimate of drug-likeness (QED) is 0.650. The lowest BCUT2D eigenvalue weighted by molar-refractivity contribution is -0.868. The summed E-state index contributed by atoms with van der Waals surface area (Å²) in [6, 6.07) is 0. The van der Waals surface area contributed by atoms with Crippen molar-refractivity contribution in [1.82, 2.24) is 11.1 Å². The van der Waals surface area contributed by atoms with Gasteiger partial charge in [0.05, 0.1) is 27.7 Å². The molecule has 0 saturated carbocycles. The van der Waals surface area contributed by atoms with Crippen LogP contribution < -0.4 is 6.15 Å². The molecule has 0 aliphatic carbocycles. The topological polar surface area (TPSA) is 38.2 Å². The Balaban J connectivity index is -0.000000126. The molecule has 0 aliphatic rings. The lowest BCUT2D eigenvalue weighted by atomic mass is 10.6. The van der Waals surface area contributed by atoms with Crippen LogP contribution in [-0.2, 0) is 0 Å². The van der Waals surface area contributed by atoms with Gasteiger partial charge >= 0.3 is 0 Å². The summed E-state index contributed by atoms with van der Waals surface area (Å²) in [6.45, 7) is 6.65. The first-order valence-electron chi connectivity index (χ1n) is 4.28. The summed E-state index contributed by atoms with van der Waals surface area (Å²) in [5.74, 6) is 0. The average Bonchev–Trinajstić information content (AvgIpc) is 1.88. The molecule has 0 spiro atoms. The SMILES string of the molecule is CCN(C)C.CC[N+](C)(C)C.N. The van der Waals surface area contributed by atoms with Crippen LogP contribution >= 0.6 is 0 Å². The zero-order valence-corrected chi connectivity index (χ0v) is 10.0. The molecular weight excluding hydrogens is 150 g/mol. The van der Waals surface area contributed by atoms with Gasteiger partial charge in [0.15, 0.2) is 0 Å². The molecule has 3 heteroatoms. The zero-order chi connectivity index (χ0) is 9.49. The predicted octanol–water partition coefficient (Wildman–Crippen LogP) is 1.44. The molecule has 0 radical (unpaired) electrons. The van der Waals surface area contributed by atoms with Crippen LogP contribution in [0.3, 0.4) is 0 Å². The maximum absolute atomic E-state index is 2.18. The molecule has 3 nitrogen and oxygen atoms in total. The van der Waals surface area contributed by atoms with Crippen molar-refractivity contribution >= 4 is 0 Å². The average molecular weight is 178 g/mol. The summed E-state index contributed by atoms with van der Waals surface area (Å²) >= 11 is 0. The Hall–Kier alpha value is -0.120. The lowest BCUT2D eigenvalue weighted by Gasteiger charge is -2.20. The molecule has 0 unspecified atom stereocenters. The minimum Gasteiger partial charge on any atom is -0.344 e. The first kappa shape index (κ1) is 17.8. The Bertz CT molecular complexity index is 74.3. The van der Waals surface area contributed by atoms with Gasteiger partial charge < -0.3 is 15.5 Å². The smallest absolute Gasteiger partial charge is 0.0751 e. The van der Waals surface area contributed by atoms with Crippen molar-refractivity contribution in [3.05, 3.63) is 0 Å². The molecule has 3 N–H and O–H groups in total. The summed E-state index contributed by atoms with van der Waals surface area (Å²) in [4.78, 5) is 2.12. The highest BCUT2D eigenvalue weighted by atomic mass is 15.3. The van der Waals surface area contributed by atoms with Gasteiger partial charge in [0.1, 0.15) is 0 Å². The summed E-state index contributed by atoms with van der Waals surface area (Å²) in [5, 5.41) is 0. The molecular formula is C9H28N3+. The maximum Gasteiger partial charge on any atom is 0.0751 e. The van der Waals surface area contributed by atoms with Crippen LogP contribution in [-0.4, -0.2) is 57.7 Å². The molecule has 0 aromatic heterocycles. The second-order valence-corrected chi connectivity index (χ2v) is 4.00. The Labute approximate surface area is 78.5 Å². The van der Waals surface area contributed by atoms with Crippen LogP contribution in [0.1, 0.15) is 13.8 Å². The highest BCUT2D eigenvalue weighted by molar-refractivity contribution is 4.25. The van der Waals surface area contributed by atoms with Crippen LogP contribution in [0.4, 0.5) is 0 Å². The monoisotopic (exact) mass is 178 g/mol. The second-order valence-electron chi connectivity index (χ2n) is 4.00. The van der Waals surface area contributed by atoms with Gasteiger partial charge in [-0.1, -0.05) is 6.92 Å². The number of nitrogens with zero attached hydrogens (tertiary/aromatic N) is 2. The Morgan fingerprint density at radius 1 is 1.00 bits per heavy atom. The molecule has 78 valence electrons. The van der Waals surface area contributed by atoms with E-state index in [9.17, 15) is 0 Å². The van der Waals surface area contributed by atoms with E-state index in [1.54, 1.807) is 0 Å². The van der Waals surface area contributed by atoms with E-state index in [2.05, 4.69) is 54.0 Å². The molecule has 0 saturated heterocycles. The van der Waals surface area contributed by atoms with Gasteiger partial charge in [0, 0.05) is 0 Å². The van der Waals surface area contributed by atoms with Crippen LogP contribution in [0.5, 0.6) is 0 Å². The van der Waals surface area contributed by atoms with Crippen molar-refractivity contribution in [3.63, 3.8) is 0 Å². The molecule has 0 bridgehead atoms. The van der Waals surface area contributed by atoms with E-state index in [0.29, 0.717) is 0 Å². The number of quaternary nitrogens is 1. The van der Waals surface area contributed by atoms with Crippen molar-refractivity contribution in [2.45, 2.75) is 13.8 Å². The fourth-order valence-electron chi connectivity index (χ4n) is 0. The van der Waals surface area contributed by atoms with Crippen LogP contribution in [0.15, 0.2) is 0 Å². The standard InChI is InChI=1S/C5H14N.C4H11N.H3N/c1-5-6(2,3)4;1-4-5(2)3;/h5H2,1-4H3;4H2,1-3H3;1H3/q+1;;. The molecule has 0 rings (SSSR count). The summed E-state index contributed by atoms with van der Waals surface area (Å²) in [6.07, 6.45) is 0. The lowest BCUT2D eigenvalue weighted by Crippen LogP contribution is -2.33. The van der Waals surface area contributed by atoms with Crippen molar-refractivity contribution in [3.8, 4) is 0 Å². The van der Waals surface area contributed by atoms with E-state index in [4.69, 9.17) is 0 Å². The molecule has 12 heavy (non-hydrogen) atoms. The number of rotatable bonds is 2. The summed E-state index contributed by atoms with van der Waals surface area (Å²) in [5.41, 5.74) is 0. The van der Waals surface area contributed by atoms with Gasteiger partial charge in [-0.25, -0.2) is 0 Å². The van der Waals surface area contributed by atoms with Gasteiger partial charge in [0.25, 0.3) is 0 Å². The summed E-state index contributed by atoms with van der Waals surface area (Å²) < 4.78 is 1.07. The Morgan fingerprint density at radius 2 is 1.17 bits per heavy atom. The molecule has 0 aromatic carbocycles. The van der Waals surface area contributed by atoms with Crippen molar-refractivity contribution in [2.75, 3.05) is 48.3 Å². The fraction of sp³-hybridized carbons (Fsp3) is 1.00. The maximum atomic E-state index is 2.18. The van der Waals surface area contributed by atoms with Crippen molar-refractivity contribution in [2.24, 2.45) is 0 Å². The second kappa shape index (κ2) is 8.97. The third kappa shape index (κ3) is 32.7. The highest BCUT2D eigenvalue weighted by Gasteiger charge is 1.97. The molecule has 0 heterocycles. The molecule has 0 amide bonds. The highest BCUT2D eigenvalue weighted by Crippen LogP contribution is 1.83. The molecule has 0 fully saturated rings. The summed E-state index contributed by atoms with van der Waals surface area (Å²) in [7, 11) is 10.7. The Morgan fingerprint density at radius 3 is 1.17 bits per heavy atom. The minimum absolute atomic E-state index is 0. The number of hydrogen-bond donors (Lipinski definition) is 1. The van der Waals surface area contributed by atoms with E-state index in [1.807, 2.05) is 0 Å². The van der Waals surface area contributed by atoms with E-state index in [-0.39, 0.29) is 6.15 Å². The van der Waals surface area contributed by atoms with Crippen LogP contribution in [0.25, 0.3) is 0 Å². The third-order valence-electron chi connectivity index (χ3n) is 1.58. The van der Waals surface area contributed by atoms with Gasteiger partial charge in [-0.05, 0) is 27.6 Å². The van der Waals surface area contributed by atoms with Gasteiger partial charge in [-0.15, -0.1) is 0 Å². The zero-order valence-electron chi connectivity index (χ0n) is 10.0. The minimum atomic E-state index is 0. The van der Waals surface area contributed by atoms with E-state index in [0.717, 1.165) is 11.0 Å². The predicted molar refractivity (Wildman–Crippen MR) is 57.8 cm³/mol. The first-order chi connectivity index (χ1) is 4.83. The molecule has 0 aliphatic heterocycles. The largest absolute Gasteiger partial charge is 0.344 e. The van der Waals surface area contributed by atoms with E-state index in [1.165, 1.54) is 6.54 Å². The molecule has 0 aromatic rings. The fourth-order valence-corrected chi connectivity index (χ4v) is 0. The van der Waals surface area contributed by atoms with Crippen LogP contribution in [0, 0.1) is 0 Å². The van der Waals surface area contributed by atoms with Crippen molar-refractivity contribution < 1.29 is 4.48 Å².